The molecule has 1 aromatic carbocycles. The number of benzene rings is 1. The molecule has 0 radical (unpaired) electrons. The van der Waals surface area contributed by atoms with E-state index >= 15 is 0 Å². The zero-order valence-corrected chi connectivity index (χ0v) is 12.1. The maximum Gasteiger partial charge on any atom is 0.326 e. The van der Waals surface area contributed by atoms with Crippen molar-refractivity contribution in [2.24, 2.45) is 0 Å². The van der Waals surface area contributed by atoms with Crippen LogP contribution >= 0.6 is 0 Å². The lowest BCUT2D eigenvalue weighted by Gasteiger charge is -2.28. The summed E-state index contributed by atoms with van der Waals surface area (Å²) < 4.78 is 0. The summed E-state index contributed by atoms with van der Waals surface area (Å²) in [5, 5.41) is 18.0. The van der Waals surface area contributed by atoms with Crippen molar-refractivity contribution in [3.05, 3.63) is 35.4 Å². The molecule has 0 spiro atoms. The quantitative estimate of drug-likeness (QED) is 0.799. The minimum absolute atomic E-state index is 0.132. The number of carboxylic acids is 2. The van der Waals surface area contributed by atoms with Crippen molar-refractivity contribution in [2.75, 3.05) is 6.54 Å². The van der Waals surface area contributed by atoms with E-state index in [1.165, 1.54) is 0 Å². The van der Waals surface area contributed by atoms with Gasteiger partial charge in [-0.25, -0.2) is 4.79 Å². The second-order valence-electron chi connectivity index (χ2n) is 4.77. The summed E-state index contributed by atoms with van der Waals surface area (Å²) in [5.74, 6) is -2.67. The second kappa shape index (κ2) is 7.42. The lowest BCUT2D eigenvalue weighted by molar-refractivity contribution is -0.144. The summed E-state index contributed by atoms with van der Waals surface area (Å²) in [6, 6.07) is 5.76. The summed E-state index contributed by atoms with van der Waals surface area (Å²) in [4.78, 5) is 35.6. The first-order chi connectivity index (χ1) is 9.86. The topological polar surface area (TPSA) is 94.9 Å². The number of rotatable bonds is 7. The van der Waals surface area contributed by atoms with Gasteiger partial charge >= 0.3 is 11.9 Å². The van der Waals surface area contributed by atoms with Crippen LogP contribution in [0.2, 0.25) is 0 Å². The lowest BCUT2D eigenvalue weighted by Crippen LogP contribution is -2.45. The monoisotopic (exact) mass is 293 g/mol. The van der Waals surface area contributed by atoms with Gasteiger partial charge in [-0.2, -0.15) is 0 Å². The average molecular weight is 293 g/mol. The molecule has 1 unspecified atom stereocenters. The van der Waals surface area contributed by atoms with E-state index in [0.717, 1.165) is 10.5 Å². The maximum absolute atomic E-state index is 12.5. The Balaban J connectivity index is 3.06. The zero-order valence-electron chi connectivity index (χ0n) is 12.1. The molecule has 6 heteroatoms. The van der Waals surface area contributed by atoms with Gasteiger partial charge < -0.3 is 15.1 Å². The predicted octanol–water partition coefficient (Wildman–Crippen LogP) is 1.78. The normalized spacial score (nSPS) is 11.7. The molecule has 0 aliphatic rings. The highest BCUT2D eigenvalue weighted by atomic mass is 16.4. The largest absolute Gasteiger partial charge is 0.481 e. The van der Waals surface area contributed by atoms with Crippen LogP contribution in [0, 0.1) is 6.92 Å². The van der Waals surface area contributed by atoms with Crippen LogP contribution in [0.15, 0.2) is 24.3 Å². The predicted molar refractivity (Wildman–Crippen MR) is 76.2 cm³/mol. The molecule has 1 rings (SSSR count). The van der Waals surface area contributed by atoms with E-state index in [-0.39, 0.29) is 19.4 Å². The van der Waals surface area contributed by atoms with Crippen LogP contribution in [0.3, 0.4) is 0 Å². The van der Waals surface area contributed by atoms with Crippen molar-refractivity contribution in [1.29, 1.82) is 0 Å². The average Bonchev–Trinajstić information content (AvgIpc) is 2.42. The molecule has 0 fully saturated rings. The number of carboxylic acid groups (broad SMARTS) is 2. The number of hydrogen-bond acceptors (Lipinski definition) is 3. The molecule has 1 aromatic rings. The SMILES string of the molecule is CCC(C(=O)O)N(CCC(=O)O)C(=O)c1cccc(C)c1. The van der Waals surface area contributed by atoms with Crippen molar-refractivity contribution < 1.29 is 24.6 Å². The summed E-state index contributed by atoms with van der Waals surface area (Å²) in [6.07, 6.45) is -0.0756. The lowest BCUT2D eigenvalue weighted by atomic mass is 10.1. The van der Waals surface area contributed by atoms with Gasteiger partial charge in [-0.15, -0.1) is 0 Å². The molecule has 2 N–H and O–H groups in total. The Bertz CT molecular complexity index is 541. The Morgan fingerprint density at radius 2 is 1.90 bits per heavy atom. The first kappa shape index (κ1) is 16.7. The fraction of sp³-hybridized carbons (Fsp3) is 0.400. The Hall–Kier alpha value is -2.37. The molecule has 21 heavy (non-hydrogen) atoms. The van der Waals surface area contributed by atoms with Crippen molar-refractivity contribution in [3.8, 4) is 0 Å². The van der Waals surface area contributed by atoms with Gasteiger partial charge in [0.25, 0.3) is 5.91 Å². The molecule has 6 nitrogen and oxygen atoms in total. The molecule has 0 aliphatic carbocycles. The molecule has 1 amide bonds. The molecule has 0 bridgehead atoms. The van der Waals surface area contributed by atoms with E-state index in [0.29, 0.717) is 5.56 Å². The van der Waals surface area contributed by atoms with Gasteiger partial charge in [0.05, 0.1) is 6.42 Å². The third-order valence-corrected chi connectivity index (χ3v) is 3.14. The van der Waals surface area contributed by atoms with Gasteiger partial charge in [0.2, 0.25) is 0 Å². The van der Waals surface area contributed by atoms with E-state index in [1.807, 2.05) is 13.0 Å². The molecule has 0 heterocycles. The van der Waals surface area contributed by atoms with Crippen LogP contribution in [0.1, 0.15) is 35.7 Å². The third kappa shape index (κ3) is 4.59. The van der Waals surface area contributed by atoms with E-state index in [1.54, 1.807) is 25.1 Å². The first-order valence-electron chi connectivity index (χ1n) is 6.69. The van der Waals surface area contributed by atoms with Gasteiger partial charge in [0.1, 0.15) is 6.04 Å². The van der Waals surface area contributed by atoms with Crippen LogP contribution in [0.5, 0.6) is 0 Å². The highest BCUT2D eigenvalue weighted by Gasteiger charge is 2.29. The molecule has 0 aromatic heterocycles. The molecular weight excluding hydrogens is 274 g/mol. The number of aliphatic carboxylic acids is 2. The summed E-state index contributed by atoms with van der Waals surface area (Å²) in [6.45, 7) is 3.34. The number of carbonyl (C=O) groups is 3. The molecule has 114 valence electrons. The van der Waals surface area contributed by atoms with Gasteiger partial charge in [-0.05, 0) is 25.5 Å². The fourth-order valence-electron chi connectivity index (χ4n) is 2.09. The van der Waals surface area contributed by atoms with E-state index < -0.39 is 23.9 Å². The number of amides is 1. The summed E-state index contributed by atoms with van der Waals surface area (Å²) in [7, 11) is 0. The smallest absolute Gasteiger partial charge is 0.326 e. The van der Waals surface area contributed by atoms with Crippen molar-refractivity contribution >= 4 is 17.8 Å². The summed E-state index contributed by atoms with van der Waals surface area (Å²) >= 11 is 0. The number of hydrogen-bond donors (Lipinski definition) is 2. The number of nitrogens with zero attached hydrogens (tertiary/aromatic N) is 1. The number of aryl methyl sites for hydroxylation is 1. The highest BCUT2D eigenvalue weighted by Crippen LogP contribution is 2.13. The van der Waals surface area contributed by atoms with Crippen molar-refractivity contribution in [2.45, 2.75) is 32.7 Å². The second-order valence-corrected chi connectivity index (χ2v) is 4.77. The minimum Gasteiger partial charge on any atom is -0.481 e. The van der Waals surface area contributed by atoms with Crippen LogP contribution in [-0.2, 0) is 9.59 Å². The van der Waals surface area contributed by atoms with E-state index in [4.69, 9.17) is 5.11 Å². The molecular formula is C15H19NO5. The third-order valence-electron chi connectivity index (χ3n) is 3.14. The standard InChI is InChI=1S/C15H19NO5/c1-3-12(15(20)21)16(8-7-13(17)18)14(19)11-6-4-5-10(2)9-11/h4-6,9,12H,3,7-8H2,1-2H3,(H,17,18)(H,20,21). The van der Waals surface area contributed by atoms with E-state index in [9.17, 15) is 19.5 Å². The Labute approximate surface area is 123 Å². The maximum atomic E-state index is 12.5. The zero-order chi connectivity index (χ0) is 16.0. The minimum atomic E-state index is -1.14. The van der Waals surface area contributed by atoms with Crippen molar-refractivity contribution in [3.63, 3.8) is 0 Å². The van der Waals surface area contributed by atoms with Gasteiger partial charge in [0, 0.05) is 12.1 Å². The Morgan fingerprint density at radius 1 is 1.24 bits per heavy atom. The van der Waals surface area contributed by atoms with Crippen LogP contribution < -0.4 is 0 Å². The van der Waals surface area contributed by atoms with Crippen LogP contribution in [-0.4, -0.2) is 45.5 Å². The van der Waals surface area contributed by atoms with Crippen LogP contribution in [0.4, 0.5) is 0 Å². The first-order valence-corrected chi connectivity index (χ1v) is 6.69. The highest BCUT2D eigenvalue weighted by molar-refractivity contribution is 5.97. The fourth-order valence-corrected chi connectivity index (χ4v) is 2.09. The summed E-state index contributed by atoms with van der Waals surface area (Å²) in [5.41, 5.74) is 1.24. The van der Waals surface area contributed by atoms with Crippen molar-refractivity contribution in [1.82, 2.24) is 4.90 Å². The Morgan fingerprint density at radius 3 is 2.38 bits per heavy atom. The van der Waals surface area contributed by atoms with E-state index in [2.05, 4.69) is 0 Å². The molecule has 0 saturated heterocycles. The number of carbonyl (C=O) groups excluding carboxylic acids is 1. The van der Waals surface area contributed by atoms with Gasteiger partial charge in [-0.1, -0.05) is 24.6 Å². The molecule has 1 atom stereocenters. The molecule has 0 aliphatic heterocycles. The molecule has 0 saturated carbocycles. The van der Waals surface area contributed by atoms with Gasteiger partial charge in [-0.3, -0.25) is 9.59 Å². The van der Waals surface area contributed by atoms with Crippen LogP contribution in [0.25, 0.3) is 0 Å². The Kier molecular flexibility index (Phi) is 5.90. The van der Waals surface area contributed by atoms with Gasteiger partial charge in [0.15, 0.2) is 0 Å².